The highest BCUT2D eigenvalue weighted by atomic mass is 19.4. The van der Waals surface area contributed by atoms with Crippen LogP contribution < -0.4 is 5.32 Å². The minimum Gasteiger partial charge on any atom is -0.332 e. The van der Waals surface area contributed by atoms with Crippen LogP contribution in [0.3, 0.4) is 0 Å². The largest absolute Gasteiger partial charge is 0.406 e. The fraction of sp³-hybridized carbons (Fsp3) is 0.588. The summed E-state index contributed by atoms with van der Waals surface area (Å²) in [5.74, 6) is 0.0986. The molecule has 23 heavy (non-hydrogen) atoms. The van der Waals surface area contributed by atoms with Crippen LogP contribution in [-0.4, -0.2) is 43.2 Å². The van der Waals surface area contributed by atoms with Gasteiger partial charge in [0.2, 0.25) is 5.91 Å². The maximum Gasteiger partial charge on any atom is 0.406 e. The number of alkyl halides is 3. The summed E-state index contributed by atoms with van der Waals surface area (Å²) in [6, 6.07) is 7.61. The molecule has 1 aromatic carbocycles. The number of hydrogen-bond acceptors (Lipinski definition) is 2. The average Bonchev–Trinajstić information content (AvgIpc) is 3.28. The molecule has 0 spiro atoms. The van der Waals surface area contributed by atoms with Crippen molar-refractivity contribution in [3.05, 3.63) is 35.4 Å². The lowest BCUT2D eigenvalue weighted by atomic mass is 10.1. The molecule has 1 aliphatic rings. The molecular formula is C17H23F3N2O. The second-order valence-electron chi connectivity index (χ2n) is 6.24. The highest BCUT2D eigenvalue weighted by molar-refractivity contribution is 5.78. The monoisotopic (exact) mass is 328 g/mol. The Labute approximate surface area is 134 Å². The van der Waals surface area contributed by atoms with E-state index in [9.17, 15) is 18.0 Å². The zero-order valence-corrected chi connectivity index (χ0v) is 13.3. The fourth-order valence-corrected chi connectivity index (χ4v) is 2.34. The molecule has 1 saturated carbocycles. The van der Waals surface area contributed by atoms with Crippen molar-refractivity contribution >= 4 is 5.91 Å². The van der Waals surface area contributed by atoms with Crippen LogP contribution in [0.25, 0.3) is 0 Å². The van der Waals surface area contributed by atoms with E-state index < -0.39 is 18.6 Å². The predicted molar refractivity (Wildman–Crippen MR) is 83.1 cm³/mol. The molecule has 0 aliphatic heterocycles. The Hall–Kier alpha value is -1.56. The third kappa shape index (κ3) is 7.03. The summed E-state index contributed by atoms with van der Waals surface area (Å²) < 4.78 is 38.1. The Morgan fingerprint density at radius 2 is 1.91 bits per heavy atom. The molecule has 1 amide bonds. The van der Waals surface area contributed by atoms with E-state index in [1.54, 1.807) is 0 Å². The molecule has 2 rings (SSSR count). The molecule has 1 aromatic rings. The van der Waals surface area contributed by atoms with Crippen molar-refractivity contribution in [1.29, 1.82) is 0 Å². The lowest BCUT2D eigenvalue weighted by Crippen LogP contribution is -2.44. The molecule has 6 heteroatoms. The third-order valence-corrected chi connectivity index (χ3v) is 3.92. The number of amides is 1. The molecule has 128 valence electrons. The van der Waals surface area contributed by atoms with Gasteiger partial charge in [0.1, 0.15) is 6.54 Å². The Bertz CT molecular complexity index is 510. The zero-order valence-electron chi connectivity index (χ0n) is 13.3. The number of carbonyl (C=O) groups excluding carboxylic acids is 1. The number of nitrogens with one attached hydrogen (secondary N) is 1. The van der Waals surface area contributed by atoms with Crippen LogP contribution in [0.2, 0.25) is 0 Å². The minimum absolute atomic E-state index is 0.0273. The van der Waals surface area contributed by atoms with Crippen LogP contribution >= 0.6 is 0 Å². The topological polar surface area (TPSA) is 32.3 Å². The number of nitrogens with zero attached hydrogens (tertiary/aromatic N) is 1. The molecule has 3 nitrogen and oxygen atoms in total. The van der Waals surface area contributed by atoms with E-state index in [4.69, 9.17) is 0 Å². The summed E-state index contributed by atoms with van der Waals surface area (Å²) in [7, 11) is 0. The maximum absolute atomic E-state index is 12.7. The van der Waals surface area contributed by atoms with Crippen LogP contribution in [0.1, 0.15) is 24.0 Å². The van der Waals surface area contributed by atoms with Gasteiger partial charge in [0.05, 0.1) is 6.54 Å². The van der Waals surface area contributed by atoms with Crippen LogP contribution in [0.15, 0.2) is 24.3 Å². The first-order valence-electron chi connectivity index (χ1n) is 7.94. The minimum atomic E-state index is -4.38. The van der Waals surface area contributed by atoms with Crippen molar-refractivity contribution in [2.24, 2.45) is 5.92 Å². The van der Waals surface area contributed by atoms with Crippen LogP contribution in [-0.2, 0) is 11.2 Å². The second kappa shape index (κ2) is 7.81. The third-order valence-electron chi connectivity index (χ3n) is 3.92. The molecule has 0 atom stereocenters. The van der Waals surface area contributed by atoms with Gasteiger partial charge < -0.3 is 10.2 Å². The normalized spacial score (nSPS) is 14.8. The van der Waals surface area contributed by atoms with Crippen molar-refractivity contribution in [2.75, 3.05) is 26.2 Å². The molecule has 0 aromatic heterocycles. The Morgan fingerprint density at radius 3 is 2.48 bits per heavy atom. The van der Waals surface area contributed by atoms with Gasteiger partial charge in [0, 0.05) is 6.54 Å². The number of hydrogen-bond donors (Lipinski definition) is 1. The molecule has 0 unspecified atom stereocenters. The molecule has 0 bridgehead atoms. The Morgan fingerprint density at radius 1 is 1.26 bits per heavy atom. The smallest absolute Gasteiger partial charge is 0.332 e. The van der Waals surface area contributed by atoms with E-state index in [1.165, 1.54) is 0 Å². The molecular weight excluding hydrogens is 305 g/mol. The number of aryl methyl sites for hydroxylation is 1. The molecule has 0 saturated heterocycles. The molecule has 1 N–H and O–H groups in total. The number of carbonyl (C=O) groups is 1. The van der Waals surface area contributed by atoms with Crippen molar-refractivity contribution < 1.29 is 18.0 Å². The van der Waals surface area contributed by atoms with Crippen molar-refractivity contribution in [2.45, 2.75) is 32.4 Å². The Kier molecular flexibility index (Phi) is 6.04. The van der Waals surface area contributed by atoms with Gasteiger partial charge in [-0.1, -0.05) is 29.8 Å². The highest BCUT2D eigenvalue weighted by Crippen LogP contribution is 2.27. The van der Waals surface area contributed by atoms with Gasteiger partial charge in [-0.15, -0.1) is 0 Å². The summed E-state index contributed by atoms with van der Waals surface area (Å²) >= 11 is 0. The SMILES string of the molecule is Cc1ccc(CCN(CC(F)(F)F)C(=O)CNCC2CC2)cc1. The quantitative estimate of drug-likeness (QED) is 0.796. The van der Waals surface area contributed by atoms with Crippen molar-refractivity contribution in [3.63, 3.8) is 0 Å². The van der Waals surface area contributed by atoms with Gasteiger partial charge in [-0.05, 0) is 44.2 Å². The summed E-state index contributed by atoms with van der Waals surface area (Å²) in [4.78, 5) is 13.0. The summed E-state index contributed by atoms with van der Waals surface area (Å²) in [5.41, 5.74) is 2.03. The van der Waals surface area contributed by atoms with Gasteiger partial charge in [0.25, 0.3) is 0 Å². The van der Waals surface area contributed by atoms with E-state index >= 15 is 0 Å². The number of benzene rings is 1. The molecule has 1 aliphatic carbocycles. The van der Waals surface area contributed by atoms with Gasteiger partial charge in [-0.25, -0.2) is 0 Å². The summed E-state index contributed by atoms with van der Waals surface area (Å²) in [6.07, 6.45) is -1.67. The first kappa shape index (κ1) is 17.8. The van der Waals surface area contributed by atoms with Crippen molar-refractivity contribution in [3.8, 4) is 0 Å². The lowest BCUT2D eigenvalue weighted by Gasteiger charge is -2.24. The molecule has 0 heterocycles. The van der Waals surface area contributed by atoms with Gasteiger partial charge in [-0.2, -0.15) is 13.2 Å². The van der Waals surface area contributed by atoms with Gasteiger partial charge >= 0.3 is 6.18 Å². The van der Waals surface area contributed by atoms with E-state index in [0.717, 1.165) is 28.9 Å². The molecule has 1 fully saturated rings. The zero-order chi connectivity index (χ0) is 16.9. The highest BCUT2D eigenvalue weighted by Gasteiger charge is 2.32. The van der Waals surface area contributed by atoms with Crippen molar-refractivity contribution in [1.82, 2.24) is 10.2 Å². The summed E-state index contributed by atoms with van der Waals surface area (Å²) in [6.45, 7) is 1.52. The van der Waals surface area contributed by atoms with Crippen LogP contribution in [0.4, 0.5) is 13.2 Å². The standard InChI is InChI=1S/C17H23F3N2O/c1-13-2-4-14(5-3-13)8-9-22(12-17(18,19)20)16(23)11-21-10-15-6-7-15/h2-5,15,21H,6-12H2,1H3. The predicted octanol–water partition coefficient (Wildman–Crippen LogP) is 2.93. The van der Waals surface area contributed by atoms with Gasteiger partial charge in [-0.3, -0.25) is 4.79 Å². The van der Waals surface area contributed by atoms with E-state index in [2.05, 4.69) is 5.32 Å². The second-order valence-corrected chi connectivity index (χ2v) is 6.24. The average molecular weight is 328 g/mol. The maximum atomic E-state index is 12.7. The van der Waals surface area contributed by atoms with Crippen LogP contribution in [0, 0.1) is 12.8 Å². The summed E-state index contributed by atoms with van der Waals surface area (Å²) in [5, 5.41) is 2.96. The van der Waals surface area contributed by atoms with Gasteiger partial charge in [0.15, 0.2) is 0 Å². The van der Waals surface area contributed by atoms with Crippen LogP contribution in [0.5, 0.6) is 0 Å². The fourth-order valence-electron chi connectivity index (χ4n) is 2.34. The van der Waals surface area contributed by atoms with E-state index in [-0.39, 0.29) is 13.1 Å². The van der Waals surface area contributed by atoms with E-state index in [1.807, 2.05) is 31.2 Å². The molecule has 0 radical (unpaired) electrons. The number of rotatable bonds is 8. The lowest BCUT2D eigenvalue weighted by molar-refractivity contribution is -0.160. The van der Waals surface area contributed by atoms with E-state index in [0.29, 0.717) is 18.9 Å². The first-order valence-corrected chi connectivity index (χ1v) is 7.94. The first-order chi connectivity index (χ1) is 10.8. The number of halogens is 3. The Balaban J connectivity index is 1.86.